The maximum Gasteiger partial charge on any atom is 0.252 e. The topological polar surface area (TPSA) is 52.7 Å². The van der Waals surface area contributed by atoms with E-state index >= 15 is 0 Å². The summed E-state index contributed by atoms with van der Waals surface area (Å²) < 4.78 is 0. The van der Waals surface area contributed by atoms with Crippen LogP contribution in [0.1, 0.15) is 36.8 Å². The van der Waals surface area contributed by atoms with E-state index in [9.17, 15) is 9.59 Å². The monoisotopic (exact) mass is 403 g/mol. The molecule has 3 aliphatic rings. The van der Waals surface area contributed by atoms with Crippen LogP contribution in [0.2, 0.25) is 0 Å². The number of carbonyl (C=O) groups is 2. The van der Waals surface area contributed by atoms with Gasteiger partial charge in [0.05, 0.1) is 5.92 Å². The van der Waals surface area contributed by atoms with Gasteiger partial charge in [-0.05, 0) is 50.3 Å². The first-order valence-corrected chi connectivity index (χ1v) is 11.1. The van der Waals surface area contributed by atoms with Gasteiger partial charge in [-0.25, -0.2) is 0 Å². The van der Waals surface area contributed by atoms with Crippen LogP contribution in [-0.2, 0) is 21.5 Å². The molecule has 2 saturated heterocycles. The summed E-state index contributed by atoms with van der Waals surface area (Å²) in [7, 11) is 1.84. The fraction of sp³-hybridized carbons (Fsp3) is 0.440. The first-order chi connectivity index (χ1) is 14.6. The van der Waals surface area contributed by atoms with Gasteiger partial charge in [0.1, 0.15) is 5.54 Å². The molecular weight excluding hydrogens is 374 g/mol. The average Bonchev–Trinajstić information content (AvgIpc) is 3.42. The van der Waals surface area contributed by atoms with Crippen molar-refractivity contribution in [3.05, 3.63) is 65.7 Å². The van der Waals surface area contributed by atoms with Gasteiger partial charge in [-0.2, -0.15) is 0 Å². The average molecular weight is 404 g/mol. The van der Waals surface area contributed by atoms with E-state index in [0.29, 0.717) is 12.6 Å². The fourth-order valence-electron chi connectivity index (χ4n) is 5.94. The number of fused-ring (bicyclic) bond motifs is 4. The highest BCUT2D eigenvalue weighted by atomic mass is 16.2. The number of nitrogens with zero attached hydrogens (tertiary/aromatic N) is 2. The summed E-state index contributed by atoms with van der Waals surface area (Å²) in [5.41, 5.74) is 2.39. The number of hydrogen-bond donors (Lipinski definition) is 1. The Balaban J connectivity index is 1.38. The molecule has 0 aliphatic carbocycles. The molecule has 0 aromatic heterocycles. The number of carbonyl (C=O) groups excluding carboxylic acids is 2. The largest absolute Gasteiger partial charge is 0.356 e. The fourth-order valence-corrected chi connectivity index (χ4v) is 5.94. The summed E-state index contributed by atoms with van der Waals surface area (Å²) in [5, 5.41) is 3.17. The van der Waals surface area contributed by atoms with Crippen LogP contribution in [0, 0.1) is 5.92 Å². The number of para-hydroxylation sites is 1. The molecule has 2 amide bonds. The van der Waals surface area contributed by atoms with Crippen LogP contribution in [0.5, 0.6) is 0 Å². The quantitative estimate of drug-likeness (QED) is 0.781. The molecule has 3 atom stereocenters. The van der Waals surface area contributed by atoms with Crippen molar-refractivity contribution in [3.63, 3.8) is 0 Å². The van der Waals surface area contributed by atoms with Crippen molar-refractivity contribution in [2.24, 2.45) is 5.92 Å². The van der Waals surface area contributed by atoms with E-state index < -0.39 is 5.54 Å². The summed E-state index contributed by atoms with van der Waals surface area (Å²) >= 11 is 0. The molecule has 3 heterocycles. The maximum absolute atomic E-state index is 13.7. The number of rotatable bonds is 5. The Morgan fingerprint density at radius 2 is 1.90 bits per heavy atom. The van der Waals surface area contributed by atoms with Gasteiger partial charge in [-0.1, -0.05) is 48.5 Å². The van der Waals surface area contributed by atoms with Crippen molar-refractivity contribution in [3.8, 4) is 0 Å². The van der Waals surface area contributed by atoms with E-state index in [1.165, 1.54) is 5.56 Å². The van der Waals surface area contributed by atoms with Crippen molar-refractivity contribution in [1.82, 2.24) is 10.2 Å². The molecule has 0 saturated carbocycles. The Morgan fingerprint density at radius 1 is 1.13 bits per heavy atom. The number of anilines is 1. The molecule has 2 aromatic rings. The van der Waals surface area contributed by atoms with Gasteiger partial charge in [-0.3, -0.25) is 14.5 Å². The van der Waals surface area contributed by atoms with Gasteiger partial charge in [-0.15, -0.1) is 0 Å². The van der Waals surface area contributed by atoms with E-state index in [-0.39, 0.29) is 17.7 Å². The van der Waals surface area contributed by atoms with Gasteiger partial charge in [0.25, 0.3) is 5.91 Å². The van der Waals surface area contributed by atoms with E-state index in [0.717, 1.165) is 49.9 Å². The number of hydrogen-bond acceptors (Lipinski definition) is 3. The van der Waals surface area contributed by atoms with Crippen LogP contribution in [0.3, 0.4) is 0 Å². The Morgan fingerprint density at radius 3 is 2.73 bits per heavy atom. The standard InChI is InChI=1S/C25H29N3O2/c1-27-22-14-6-5-13-20(22)25(24(27)30)21(17-19-12-8-16-28(19)25)23(29)26-15-7-11-18-9-3-2-4-10-18/h2-6,9-10,13-14,19,21H,7-8,11-12,15-17H2,1H3,(H,26,29). The van der Waals surface area contributed by atoms with Crippen molar-refractivity contribution in [2.75, 3.05) is 25.0 Å². The van der Waals surface area contributed by atoms with Crippen molar-refractivity contribution in [2.45, 2.75) is 43.7 Å². The van der Waals surface area contributed by atoms with Crippen LogP contribution >= 0.6 is 0 Å². The van der Waals surface area contributed by atoms with Gasteiger partial charge in [0.15, 0.2) is 0 Å². The third-order valence-corrected chi connectivity index (χ3v) is 7.25. The van der Waals surface area contributed by atoms with Crippen molar-refractivity contribution >= 4 is 17.5 Å². The minimum Gasteiger partial charge on any atom is -0.356 e. The molecule has 1 spiro atoms. The highest BCUT2D eigenvalue weighted by molar-refractivity contribution is 6.10. The molecule has 5 nitrogen and oxygen atoms in total. The van der Waals surface area contributed by atoms with Gasteiger partial charge in [0.2, 0.25) is 5.91 Å². The molecule has 3 aliphatic heterocycles. The van der Waals surface area contributed by atoms with Crippen LogP contribution < -0.4 is 10.2 Å². The number of aryl methyl sites for hydroxylation is 1. The summed E-state index contributed by atoms with van der Waals surface area (Å²) in [6.45, 7) is 1.52. The predicted octanol–water partition coefficient (Wildman–Crippen LogP) is 3.09. The molecule has 5 heteroatoms. The molecule has 0 bridgehead atoms. The number of amides is 2. The first-order valence-electron chi connectivity index (χ1n) is 11.1. The normalized spacial score (nSPS) is 27.5. The maximum atomic E-state index is 13.7. The summed E-state index contributed by atoms with van der Waals surface area (Å²) in [4.78, 5) is 31.2. The van der Waals surface area contributed by atoms with Gasteiger partial charge < -0.3 is 10.2 Å². The lowest BCUT2D eigenvalue weighted by Gasteiger charge is -2.37. The number of nitrogens with one attached hydrogen (secondary N) is 1. The van der Waals surface area contributed by atoms with E-state index in [4.69, 9.17) is 0 Å². The lowest BCUT2D eigenvalue weighted by molar-refractivity contribution is -0.138. The van der Waals surface area contributed by atoms with Crippen LogP contribution in [0.25, 0.3) is 0 Å². The smallest absolute Gasteiger partial charge is 0.252 e. The summed E-state index contributed by atoms with van der Waals surface area (Å²) in [6, 6.07) is 18.7. The molecule has 156 valence electrons. The second-order valence-electron chi connectivity index (χ2n) is 8.81. The highest BCUT2D eigenvalue weighted by Crippen LogP contribution is 2.56. The van der Waals surface area contributed by atoms with Crippen molar-refractivity contribution < 1.29 is 9.59 Å². The van der Waals surface area contributed by atoms with Crippen LogP contribution in [0.4, 0.5) is 5.69 Å². The molecule has 1 N–H and O–H groups in total. The second kappa shape index (κ2) is 7.55. The minimum absolute atomic E-state index is 0.0240. The molecule has 5 rings (SSSR count). The van der Waals surface area contributed by atoms with E-state index in [1.807, 2.05) is 49.5 Å². The van der Waals surface area contributed by atoms with E-state index in [1.54, 1.807) is 4.90 Å². The second-order valence-corrected chi connectivity index (χ2v) is 8.81. The summed E-state index contributed by atoms with van der Waals surface area (Å²) in [6.07, 6.45) is 4.76. The molecular formula is C25H29N3O2. The van der Waals surface area contributed by atoms with Gasteiger partial charge in [0, 0.05) is 30.9 Å². The molecule has 30 heavy (non-hydrogen) atoms. The van der Waals surface area contributed by atoms with Crippen LogP contribution in [-0.4, -0.2) is 42.9 Å². The Bertz CT molecular complexity index is 960. The number of likely N-dealkylation sites (N-methyl/N-ethyl adjacent to an activating group) is 1. The Labute approximate surface area is 178 Å². The van der Waals surface area contributed by atoms with E-state index in [2.05, 4.69) is 22.3 Å². The molecule has 3 unspecified atom stereocenters. The first kappa shape index (κ1) is 19.3. The molecule has 2 fully saturated rings. The lowest BCUT2D eigenvalue weighted by atomic mass is 9.78. The van der Waals surface area contributed by atoms with Crippen LogP contribution in [0.15, 0.2) is 54.6 Å². The predicted molar refractivity (Wildman–Crippen MR) is 117 cm³/mol. The summed E-state index contributed by atoms with van der Waals surface area (Å²) in [5.74, 6) is -0.258. The van der Waals surface area contributed by atoms with Crippen molar-refractivity contribution in [1.29, 1.82) is 0 Å². The molecule has 2 aromatic carbocycles. The molecule has 0 radical (unpaired) electrons. The zero-order valence-electron chi connectivity index (χ0n) is 17.5. The SMILES string of the molecule is CN1C(=O)C2(c3ccccc31)C(C(=O)NCCCc1ccccc1)CC1CCCN12. The third kappa shape index (κ3) is 2.79. The number of benzene rings is 2. The van der Waals surface area contributed by atoms with Gasteiger partial charge >= 0.3 is 0 Å². The Kier molecular flexibility index (Phi) is 4.86. The lowest BCUT2D eigenvalue weighted by Crippen LogP contribution is -2.55. The zero-order valence-corrected chi connectivity index (χ0v) is 17.5. The third-order valence-electron chi connectivity index (χ3n) is 7.25. The minimum atomic E-state index is -0.837. The Hall–Kier alpha value is -2.66. The highest BCUT2D eigenvalue weighted by Gasteiger charge is 2.66. The zero-order chi connectivity index (χ0) is 20.7.